The minimum atomic E-state index is -0.636. The van der Waals surface area contributed by atoms with Crippen LogP contribution in [-0.2, 0) is 11.8 Å². The maximum Gasteiger partial charge on any atom is 0.270 e. The normalized spacial score (nSPS) is 11.7. The van der Waals surface area contributed by atoms with Crippen molar-refractivity contribution in [3.8, 4) is 0 Å². The first kappa shape index (κ1) is 18.0. The highest BCUT2D eigenvalue weighted by molar-refractivity contribution is 7.09. The Morgan fingerprint density at radius 1 is 1.35 bits per heavy atom. The lowest BCUT2D eigenvalue weighted by molar-refractivity contribution is 0.0944. The quantitative estimate of drug-likeness (QED) is 0.705. The molecule has 2 amide bonds. The van der Waals surface area contributed by atoms with Crippen molar-refractivity contribution in [1.82, 2.24) is 24.9 Å². The summed E-state index contributed by atoms with van der Waals surface area (Å²) >= 11 is 1.63. The molecule has 0 aromatic carbocycles. The number of rotatable bonds is 5. The smallest absolute Gasteiger partial charge is 0.270 e. The van der Waals surface area contributed by atoms with Gasteiger partial charge in [-0.15, -0.1) is 11.3 Å². The van der Waals surface area contributed by atoms with Crippen molar-refractivity contribution in [1.29, 1.82) is 0 Å². The second-order valence-electron chi connectivity index (χ2n) is 6.89. The van der Waals surface area contributed by atoms with E-state index in [0.29, 0.717) is 13.0 Å². The molecule has 0 unspecified atom stereocenters. The number of nitrogens with zero attached hydrogens (tertiary/aromatic N) is 4. The third-order valence-corrected chi connectivity index (χ3v) is 5.08. The molecule has 0 aliphatic carbocycles. The van der Waals surface area contributed by atoms with E-state index in [2.05, 4.69) is 41.2 Å². The Balaban J connectivity index is 1.68. The van der Waals surface area contributed by atoms with Crippen molar-refractivity contribution in [2.75, 3.05) is 6.54 Å². The largest absolute Gasteiger partial charge is 0.365 e. The lowest BCUT2D eigenvalue weighted by atomic mass is 9.98. The fraction of sp³-hybridized carbons (Fsp3) is 0.353. The standard InChI is InChI=1S/C17H20N6O2S/c1-17(2,3)16-22-10(9-26-16)4-6-20-15(25)12-5-7-19-14-11(13(18)24)8-21-23(12)14/h5,7-9H,4,6H2,1-3H3,(H2,18,24)(H,20,25). The highest BCUT2D eigenvalue weighted by Gasteiger charge is 2.19. The molecule has 0 fully saturated rings. The van der Waals surface area contributed by atoms with Crippen molar-refractivity contribution in [3.63, 3.8) is 0 Å². The van der Waals surface area contributed by atoms with Gasteiger partial charge in [0.2, 0.25) is 0 Å². The van der Waals surface area contributed by atoms with Gasteiger partial charge in [0.1, 0.15) is 11.3 Å². The van der Waals surface area contributed by atoms with Gasteiger partial charge in [-0.3, -0.25) is 9.59 Å². The maximum atomic E-state index is 12.5. The highest BCUT2D eigenvalue weighted by Crippen LogP contribution is 2.25. The molecule has 26 heavy (non-hydrogen) atoms. The Hall–Kier alpha value is -2.81. The molecule has 0 aliphatic rings. The Bertz CT molecular complexity index is 969. The second-order valence-corrected chi connectivity index (χ2v) is 7.75. The minimum Gasteiger partial charge on any atom is -0.365 e. The first-order valence-electron chi connectivity index (χ1n) is 8.13. The lowest BCUT2D eigenvalue weighted by Crippen LogP contribution is -2.28. The van der Waals surface area contributed by atoms with E-state index in [1.807, 2.05) is 5.38 Å². The molecule has 0 radical (unpaired) electrons. The van der Waals surface area contributed by atoms with E-state index in [9.17, 15) is 9.59 Å². The first-order chi connectivity index (χ1) is 12.3. The Labute approximate surface area is 154 Å². The molecule has 0 atom stereocenters. The first-order valence-corrected chi connectivity index (χ1v) is 9.01. The van der Waals surface area contributed by atoms with E-state index >= 15 is 0 Å². The molecule has 0 aliphatic heterocycles. The van der Waals surface area contributed by atoms with Crippen molar-refractivity contribution in [2.45, 2.75) is 32.6 Å². The predicted octanol–water partition coefficient (Wildman–Crippen LogP) is 1.55. The van der Waals surface area contributed by atoms with Crippen molar-refractivity contribution in [2.24, 2.45) is 5.73 Å². The molecule has 0 saturated carbocycles. The zero-order valence-corrected chi connectivity index (χ0v) is 15.6. The molecule has 9 heteroatoms. The van der Waals surface area contributed by atoms with Crippen molar-refractivity contribution < 1.29 is 9.59 Å². The number of nitrogens with one attached hydrogen (secondary N) is 1. The molecular weight excluding hydrogens is 352 g/mol. The molecule has 3 aromatic heterocycles. The number of amides is 2. The van der Waals surface area contributed by atoms with Crippen LogP contribution in [0.5, 0.6) is 0 Å². The van der Waals surface area contributed by atoms with Crippen molar-refractivity contribution in [3.05, 3.63) is 45.8 Å². The van der Waals surface area contributed by atoms with E-state index < -0.39 is 5.91 Å². The number of nitrogens with two attached hydrogens (primary N) is 1. The summed E-state index contributed by atoms with van der Waals surface area (Å²) < 4.78 is 1.32. The van der Waals surface area contributed by atoms with Gasteiger partial charge in [-0.25, -0.2) is 14.5 Å². The van der Waals surface area contributed by atoms with Gasteiger partial charge in [0.15, 0.2) is 5.65 Å². The number of carbonyl (C=O) groups excluding carboxylic acids is 2. The van der Waals surface area contributed by atoms with Gasteiger partial charge < -0.3 is 11.1 Å². The number of carbonyl (C=O) groups is 2. The molecular formula is C17H20N6O2S. The minimum absolute atomic E-state index is 0.0209. The van der Waals surface area contributed by atoms with Crippen LogP contribution in [0.3, 0.4) is 0 Å². The average molecular weight is 372 g/mol. The van der Waals surface area contributed by atoms with Gasteiger partial charge >= 0.3 is 0 Å². The molecule has 136 valence electrons. The van der Waals surface area contributed by atoms with Crippen molar-refractivity contribution >= 4 is 28.8 Å². The Morgan fingerprint density at radius 3 is 2.77 bits per heavy atom. The summed E-state index contributed by atoms with van der Waals surface area (Å²) in [6, 6.07) is 1.54. The van der Waals surface area contributed by atoms with Crippen LogP contribution in [0.15, 0.2) is 23.8 Å². The van der Waals surface area contributed by atoms with Crippen LogP contribution in [0.25, 0.3) is 5.65 Å². The molecule has 8 nitrogen and oxygen atoms in total. The SMILES string of the molecule is CC(C)(C)c1nc(CCNC(=O)c2ccnc3c(C(N)=O)cnn23)cs1. The number of hydrogen-bond donors (Lipinski definition) is 2. The van der Waals surface area contributed by atoms with E-state index in [0.717, 1.165) is 10.7 Å². The van der Waals surface area contributed by atoms with Gasteiger partial charge in [-0.2, -0.15) is 5.10 Å². The fourth-order valence-electron chi connectivity index (χ4n) is 2.40. The number of aromatic nitrogens is 4. The number of thiazole rings is 1. The third-order valence-electron chi connectivity index (χ3n) is 3.76. The van der Waals surface area contributed by atoms with Crippen LogP contribution in [0.4, 0.5) is 0 Å². The van der Waals surface area contributed by atoms with Crippen LogP contribution in [0, 0.1) is 0 Å². The van der Waals surface area contributed by atoms with Crippen LogP contribution >= 0.6 is 11.3 Å². The summed E-state index contributed by atoms with van der Waals surface area (Å²) in [7, 11) is 0. The number of hydrogen-bond acceptors (Lipinski definition) is 6. The van der Waals surface area contributed by atoms with Gasteiger partial charge in [0.25, 0.3) is 11.8 Å². The lowest BCUT2D eigenvalue weighted by Gasteiger charge is -2.13. The zero-order valence-electron chi connectivity index (χ0n) is 14.8. The van der Waals surface area contributed by atoms with E-state index in [-0.39, 0.29) is 28.2 Å². The summed E-state index contributed by atoms with van der Waals surface area (Å²) in [5.41, 5.74) is 6.99. The van der Waals surface area contributed by atoms with Crippen LogP contribution in [0.1, 0.15) is 52.3 Å². The van der Waals surface area contributed by atoms with Gasteiger partial charge in [-0.05, 0) is 6.07 Å². The Morgan fingerprint density at radius 2 is 2.12 bits per heavy atom. The summed E-state index contributed by atoms with van der Waals surface area (Å²) in [6.45, 7) is 6.81. The van der Waals surface area contributed by atoms with Gasteiger partial charge in [0, 0.05) is 30.0 Å². The number of fused-ring (bicyclic) bond motifs is 1. The number of primary amides is 1. The van der Waals surface area contributed by atoms with E-state index in [1.165, 1.54) is 16.9 Å². The summed E-state index contributed by atoms with van der Waals surface area (Å²) in [5, 5.41) is 9.98. The third kappa shape index (κ3) is 3.57. The Kier molecular flexibility index (Phi) is 4.73. The fourth-order valence-corrected chi connectivity index (χ4v) is 3.34. The topological polar surface area (TPSA) is 115 Å². The zero-order chi connectivity index (χ0) is 18.9. The molecule has 0 saturated heterocycles. The highest BCUT2D eigenvalue weighted by atomic mass is 32.1. The summed E-state index contributed by atoms with van der Waals surface area (Å²) in [6.07, 6.45) is 3.40. The molecule has 3 rings (SSSR count). The molecule has 0 bridgehead atoms. The predicted molar refractivity (Wildman–Crippen MR) is 98.4 cm³/mol. The van der Waals surface area contributed by atoms with Crippen LogP contribution in [0.2, 0.25) is 0 Å². The van der Waals surface area contributed by atoms with Gasteiger partial charge in [0.05, 0.1) is 16.9 Å². The van der Waals surface area contributed by atoms with Crippen LogP contribution in [-0.4, -0.2) is 37.9 Å². The molecule has 3 N–H and O–H groups in total. The molecule has 0 spiro atoms. The average Bonchev–Trinajstić information content (AvgIpc) is 3.20. The maximum absolute atomic E-state index is 12.5. The summed E-state index contributed by atoms with van der Waals surface area (Å²) in [5.74, 6) is -0.939. The van der Waals surface area contributed by atoms with Gasteiger partial charge in [-0.1, -0.05) is 20.8 Å². The molecule has 3 aromatic rings. The summed E-state index contributed by atoms with van der Waals surface area (Å²) in [4.78, 5) is 32.5. The second kappa shape index (κ2) is 6.83. The van der Waals surface area contributed by atoms with E-state index in [1.54, 1.807) is 17.4 Å². The van der Waals surface area contributed by atoms with E-state index in [4.69, 9.17) is 5.73 Å². The molecule has 3 heterocycles. The monoisotopic (exact) mass is 372 g/mol. The van der Waals surface area contributed by atoms with Crippen LogP contribution < -0.4 is 11.1 Å².